The Hall–Kier alpha value is -5.33. The van der Waals surface area contributed by atoms with E-state index in [9.17, 15) is 50.3 Å². The first-order chi connectivity index (χ1) is 31.1. The van der Waals surface area contributed by atoms with Gasteiger partial charge in [-0.15, -0.1) is 0 Å². The van der Waals surface area contributed by atoms with Crippen LogP contribution in [-0.2, 0) is 48.0 Å². The van der Waals surface area contributed by atoms with Crippen LogP contribution in [-0.4, -0.2) is 155 Å². The second-order valence-corrected chi connectivity index (χ2v) is 14.0. The third-order valence-corrected chi connectivity index (χ3v) is 9.80. The molecule has 0 aromatic heterocycles. The molecule has 0 bridgehead atoms. The molecule has 0 fully saturated rings. The summed E-state index contributed by atoms with van der Waals surface area (Å²) in [7, 11) is 1.61. The number of nitrogens with zero attached hydrogens (tertiary/aromatic N) is 1. The van der Waals surface area contributed by atoms with Crippen molar-refractivity contribution in [2.45, 2.75) is 17.8 Å². The van der Waals surface area contributed by atoms with Crippen LogP contribution in [0, 0.1) is 0 Å². The van der Waals surface area contributed by atoms with E-state index in [1.165, 1.54) is 18.2 Å². The lowest BCUT2D eigenvalue weighted by Gasteiger charge is -2.38. The number of carbonyl (C=O) groups is 5. The summed E-state index contributed by atoms with van der Waals surface area (Å²) < 4.78 is 138. The van der Waals surface area contributed by atoms with E-state index in [0.717, 1.165) is 6.07 Å². The largest absolute Gasteiger partial charge is 0.460 e. The van der Waals surface area contributed by atoms with E-state index in [1.807, 2.05) is 5.32 Å². The van der Waals surface area contributed by atoms with Crippen LogP contribution in [0.1, 0.15) is 62.9 Å². The lowest BCUT2D eigenvalue weighted by molar-refractivity contribution is -0.288. The quantitative estimate of drug-likeness (QED) is 0.0458. The number of nitrogens with one attached hydrogen (secondary N) is 1. The number of anilines is 1. The average Bonchev–Trinajstić information content (AvgIpc) is 3.69. The molecule has 0 radical (unpaired) electrons. The maximum atomic E-state index is 14.9. The summed E-state index contributed by atoms with van der Waals surface area (Å²) in [4.78, 5) is 64.6. The van der Waals surface area contributed by atoms with Crippen molar-refractivity contribution >= 4 is 35.3 Å². The van der Waals surface area contributed by atoms with E-state index in [2.05, 4.69) is 0 Å². The zero-order valence-electron chi connectivity index (χ0n) is 35.0. The van der Waals surface area contributed by atoms with Crippen molar-refractivity contribution in [3.63, 3.8) is 0 Å². The number of alkyl halides is 6. The first-order valence-corrected chi connectivity index (χ1v) is 20.1. The third-order valence-electron chi connectivity index (χ3n) is 9.80. The van der Waals surface area contributed by atoms with Gasteiger partial charge in [-0.2, -0.15) is 26.3 Å². The van der Waals surface area contributed by atoms with E-state index in [-0.39, 0.29) is 37.7 Å². The van der Waals surface area contributed by atoms with Gasteiger partial charge in [-0.05, 0) is 53.6 Å². The van der Waals surface area contributed by atoms with E-state index in [0.29, 0.717) is 121 Å². The standard InChI is InChI=1S/C43H46F6N2O14/c1-57-9-10-58-11-12-59-13-14-60-15-16-61-17-18-62-19-20-63-21-22-64-23-24-65-40(56)28-3-2-4-31(25-28)51-38(54)33-8-6-30(27-35(33)39(51)55)41(42(44,45)46,43(47,48)49)29-5-7-32-34(26-29)37(53)50-36(32)52/h2-8,25-27H,9-24H2,1H3,(H,50,52,53). The minimum atomic E-state index is -6.12. The van der Waals surface area contributed by atoms with Crippen LogP contribution in [0.25, 0.3) is 0 Å². The van der Waals surface area contributed by atoms with Gasteiger partial charge in [-0.1, -0.05) is 18.2 Å². The number of rotatable bonds is 28. The highest BCUT2D eigenvalue weighted by Gasteiger charge is 2.73. The van der Waals surface area contributed by atoms with Gasteiger partial charge in [0.05, 0.1) is 133 Å². The van der Waals surface area contributed by atoms with Gasteiger partial charge in [0.1, 0.15) is 6.61 Å². The molecule has 2 aliphatic rings. The van der Waals surface area contributed by atoms with Gasteiger partial charge in [0, 0.05) is 7.11 Å². The number of esters is 1. The van der Waals surface area contributed by atoms with Crippen molar-refractivity contribution < 1.29 is 92.9 Å². The average molecular weight is 929 g/mol. The van der Waals surface area contributed by atoms with E-state index < -0.39 is 80.7 Å². The molecule has 0 atom stereocenters. The summed E-state index contributed by atoms with van der Waals surface area (Å²) >= 11 is 0. The molecule has 3 aromatic rings. The van der Waals surface area contributed by atoms with Gasteiger partial charge >= 0.3 is 18.3 Å². The molecule has 1 N–H and O–H groups in total. The fourth-order valence-corrected chi connectivity index (χ4v) is 6.70. The van der Waals surface area contributed by atoms with Gasteiger partial charge in [0.15, 0.2) is 0 Å². The van der Waals surface area contributed by atoms with Crippen LogP contribution >= 0.6 is 0 Å². The minimum Gasteiger partial charge on any atom is -0.460 e. The van der Waals surface area contributed by atoms with Crippen molar-refractivity contribution in [3.05, 3.63) is 99.6 Å². The molecule has 2 aliphatic heterocycles. The van der Waals surface area contributed by atoms with Gasteiger partial charge in [-0.25, -0.2) is 9.69 Å². The number of benzene rings is 3. The molecule has 2 heterocycles. The number of methoxy groups -OCH3 is 1. The van der Waals surface area contributed by atoms with Crippen molar-refractivity contribution in [2.75, 3.05) is 118 Å². The summed E-state index contributed by atoms with van der Waals surface area (Å²) in [5, 5.41) is 1.81. The molecule has 5 rings (SSSR count). The fourth-order valence-electron chi connectivity index (χ4n) is 6.70. The minimum absolute atomic E-state index is 0.0154. The molecule has 0 aliphatic carbocycles. The number of hydrogen-bond donors (Lipinski definition) is 1. The predicted octanol–water partition coefficient (Wildman–Crippen LogP) is 4.70. The Labute approximate surface area is 368 Å². The molecular formula is C43H46F6N2O14. The molecule has 16 nitrogen and oxygen atoms in total. The van der Waals surface area contributed by atoms with E-state index >= 15 is 0 Å². The maximum Gasteiger partial charge on any atom is 0.411 e. The first kappa shape index (κ1) is 50.7. The van der Waals surface area contributed by atoms with Crippen molar-refractivity contribution in [3.8, 4) is 0 Å². The monoisotopic (exact) mass is 928 g/mol. The molecule has 22 heteroatoms. The van der Waals surface area contributed by atoms with E-state index in [4.69, 9.17) is 42.6 Å². The number of hydrogen-bond acceptors (Lipinski definition) is 14. The molecule has 4 amide bonds. The predicted molar refractivity (Wildman–Crippen MR) is 213 cm³/mol. The number of ether oxygens (including phenoxy) is 9. The summed E-state index contributed by atoms with van der Waals surface area (Å²) in [5.74, 6) is -5.43. The Bertz CT molecular complexity index is 2120. The number of amides is 4. The topological polar surface area (TPSA) is 184 Å². The maximum absolute atomic E-state index is 14.9. The number of fused-ring (bicyclic) bond motifs is 2. The fraction of sp³-hybridized carbons (Fsp3) is 0.465. The van der Waals surface area contributed by atoms with Crippen LogP contribution in [0.2, 0.25) is 0 Å². The van der Waals surface area contributed by atoms with Crippen LogP contribution in [0.5, 0.6) is 0 Å². The van der Waals surface area contributed by atoms with Gasteiger partial charge in [0.2, 0.25) is 5.41 Å². The Morgan fingerprint density at radius 1 is 0.508 bits per heavy atom. The Balaban J connectivity index is 1.03. The number of carbonyl (C=O) groups excluding carboxylic acids is 5. The summed E-state index contributed by atoms with van der Waals surface area (Å²) in [6.45, 7) is 5.31. The highest BCUT2D eigenvalue weighted by molar-refractivity contribution is 6.34. The molecule has 3 aromatic carbocycles. The molecule has 65 heavy (non-hydrogen) atoms. The Kier molecular flexibility index (Phi) is 18.5. The SMILES string of the molecule is COCCOCCOCCOCCOCCOCCOCCOCCOC(=O)c1cccc(N2C(=O)c3ccc(C(c4ccc5c(c4)C(=O)NC5=O)(C(F)(F)F)C(F)(F)F)cc3C2=O)c1. The van der Waals surface area contributed by atoms with Gasteiger partial charge in [-0.3, -0.25) is 24.5 Å². The zero-order chi connectivity index (χ0) is 47.0. The van der Waals surface area contributed by atoms with E-state index in [1.54, 1.807) is 7.11 Å². The lowest BCUT2D eigenvalue weighted by atomic mass is 9.71. The third kappa shape index (κ3) is 12.5. The highest BCUT2D eigenvalue weighted by Crippen LogP contribution is 2.57. The second-order valence-electron chi connectivity index (χ2n) is 14.0. The molecule has 0 unspecified atom stereocenters. The zero-order valence-corrected chi connectivity index (χ0v) is 35.0. The second kappa shape index (κ2) is 23.7. The van der Waals surface area contributed by atoms with Crippen molar-refractivity contribution in [1.29, 1.82) is 0 Å². The van der Waals surface area contributed by atoms with Gasteiger partial charge < -0.3 is 42.6 Å². The molecule has 0 saturated carbocycles. The number of halogens is 6. The van der Waals surface area contributed by atoms with Crippen molar-refractivity contribution in [2.24, 2.45) is 0 Å². The lowest BCUT2D eigenvalue weighted by Crippen LogP contribution is -2.55. The van der Waals surface area contributed by atoms with Crippen LogP contribution in [0.3, 0.4) is 0 Å². The molecule has 0 saturated heterocycles. The normalized spacial score (nSPS) is 14.0. The Morgan fingerprint density at radius 2 is 0.923 bits per heavy atom. The molecular weight excluding hydrogens is 882 g/mol. The highest BCUT2D eigenvalue weighted by atomic mass is 19.4. The number of imide groups is 2. The van der Waals surface area contributed by atoms with Gasteiger partial charge in [0.25, 0.3) is 23.6 Å². The molecule has 0 spiro atoms. The van der Waals surface area contributed by atoms with Crippen LogP contribution in [0.15, 0.2) is 60.7 Å². The Morgan fingerprint density at radius 3 is 1.40 bits per heavy atom. The summed E-state index contributed by atoms with van der Waals surface area (Å²) in [6, 6.07) is 7.76. The molecule has 354 valence electrons. The summed E-state index contributed by atoms with van der Waals surface area (Å²) in [5.41, 5.74) is -10.5. The van der Waals surface area contributed by atoms with Crippen LogP contribution < -0.4 is 10.2 Å². The van der Waals surface area contributed by atoms with Crippen molar-refractivity contribution in [1.82, 2.24) is 5.32 Å². The summed E-state index contributed by atoms with van der Waals surface area (Å²) in [6.07, 6.45) is -12.2. The smallest absolute Gasteiger partial charge is 0.411 e. The first-order valence-electron chi connectivity index (χ1n) is 20.1. The van der Waals surface area contributed by atoms with Crippen LogP contribution in [0.4, 0.5) is 32.0 Å².